The van der Waals surface area contributed by atoms with Crippen LogP contribution in [0.3, 0.4) is 0 Å². The van der Waals surface area contributed by atoms with Crippen molar-refractivity contribution in [2.45, 2.75) is 63.6 Å². The van der Waals surface area contributed by atoms with E-state index in [1.165, 1.54) is 32.1 Å². The van der Waals surface area contributed by atoms with Crippen LogP contribution in [0.15, 0.2) is 0 Å². The second-order valence-corrected chi connectivity index (χ2v) is 8.53. The van der Waals surface area contributed by atoms with Crippen LogP contribution in [0.4, 0.5) is 0 Å². The van der Waals surface area contributed by atoms with E-state index in [2.05, 4.69) is 4.72 Å². The molecule has 19 heavy (non-hydrogen) atoms. The summed E-state index contributed by atoms with van der Waals surface area (Å²) in [6, 6.07) is 0. The molecule has 0 aromatic rings. The molecule has 0 aromatic heterocycles. The lowest BCUT2D eigenvalue weighted by Crippen LogP contribution is -2.53. The van der Waals surface area contributed by atoms with Crippen LogP contribution in [0.5, 0.6) is 0 Å². The fourth-order valence-corrected chi connectivity index (χ4v) is 3.66. The average Bonchev–Trinajstić information content (AvgIpc) is 2.89. The molecule has 0 aromatic carbocycles. The number of hydrogen-bond donors (Lipinski definition) is 1. The van der Waals surface area contributed by atoms with E-state index in [4.69, 9.17) is 9.31 Å². The van der Waals surface area contributed by atoms with Crippen LogP contribution in [-0.2, 0) is 20.3 Å². The topological polar surface area (TPSA) is 47.6 Å². The van der Waals surface area contributed by atoms with E-state index in [1.807, 2.05) is 20.8 Å². The molecule has 2 fully saturated rings. The Hall–Kier alpha value is 0.0949. The van der Waals surface area contributed by atoms with Gasteiger partial charge in [-0.3, -0.25) is 0 Å². The highest BCUT2D eigenvalue weighted by Crippen LogP contribution is 2.29. The fourth-order valence-electron chi connectivity index (χ4n) is 2.75. The van der Waals surface area contributed by atoms with Crippen LogP contribution < -0.4 is 4.72 Å². The predicted octanol–water partition coefficient (Wildman–Crippen LogP) is 2.06. The van der Waals surface area contributed by atoms with Crippen LogP contribution in [0.2, 0.25) is 0 Å². The second kappa shape index (κ2) is 6.70. The Labute approximate surface area is 119 Å². The molecule has 1 heterocycles. The maximum absolute atomic E-state index is 12.4. The maximum Gasteiger partial charge on any atom is 0.476 e. The average molecular weight is 287 g/mol. The van der Waals surface area contributed by atoms with Crippen molar-refractivity contribution in [3.8, 4) is 0 Å². The first-order valence-electron chi connectivity index (χ1n) is 7.40. The third kappa shape index (κ3) is 4.28. The van der Waals surface area contributed by atoms with Gasteiger partial charge in [0.15, 0.2) is 0 Å². The van der Waals surface area contributed by atoms with Crippen LogP contribution in [0.25, 0.3) is 0 Å². The van der Waals surface area contributed by atoms with Crippen molar-refractivity contribution < 1.29 is 13.5 Å². The van der Waals surface area contributed by atoms with Gasteiger partial charge in [-0.1, -0.05) is 19.3 Å². The van der Waals surface area contributed by atoms with Gasteiger partial charge in [0.25, 0.3) is 0 Å². The molecule has 2 atom stereocenters. The van der Waals surface area contributed by atoms with Gasteiger partial charge in [-0.25, -0.2) is 8.93 Å². The van der Waals surface area contributed by atoms with Gasteiger partial charge in [-0.15, -0.1) is 0 Å². The first-order valence-corrected chi connectivity index (χ1v) is 8.55. The van der Waals surface area contributed by atoms with Crippen LogP contribution in [0, 0.1) is 5.92 Å². The highest BCUT2D eigenvalue weighted by molar-refractivity contribution is 7.84. The van der Waals surface area contributed by atoms with Gasteiger partial charge in [0, 0.05) is 0 Å². The molecule has 4 nitrogen and oxygen atoms in total. The van der Waals surface area contributed by atoms with Crippen molar-refractivity contribution in [1.29, 1.82) is 0 Å². The standard InChI is InChI=1S/C13H26BNO3S/c1-13(2,3)19(16)15-12(14-17-9-10-18-14)11-7-5-4-6-8-11/h11-12,15H,4-10H2,1-3H3/t12-,19?/m0/s1. The van der Waals surface area contributed by atoms with Gasteiger partial charge < -0.3 is 9.31 Å². The van der Waals surface area contributed by atoms with Crippen molar-refractivity contribution in [1.82, 2.24) is 4.72 Å². The Balaban J connectivity index is 2.02. The molecule has 1 N–H and O–H groups in total. The summed E-state index contributed by atoms with van der Waals surface area (Å²) in [5.41, 5.74) is 0. The molecule has 1 aliphatic heterocycles. The largest absolute Gasteiger partial charge is 0.476 e. The zero-order chi connectivity index (χ0) is 13.9. The number of rotatable bonds is 4. The minimum Gasteiger partial charge on any atom is -0.408 e. The van der Waals surface area contributed by atoms with E-state index in [-0.39, 0.29) is 17.8 Å². The Kier molecular flexibility index (Phi) is 5.46. The van der Waals surface area contributed by atoms with E-state index in [0.29, 0.717) is 19.1 Å². The molecule has 110 valence electrons. The van der Waals surface area contributed by atoms with Gasteiger partial charge >= 0.3 is 7.12 Å². The van der Waals surface area contributed by atoms with Crippen LogP contribution in [0.1, 0.15) is 52.9 Å². The maximum atomic E-state index is 12.4. The zero-order valence-electron chi connectivity index (χ0n) is 12.3. The van der Waals surface area contributed by atoms with Gasteiger partial charge in [0.05, 0.1) is 34.9 Å². The summed E-state index contributed by atoms with van der Waals surface area (Å²) < 4.78 is 26.7. The fraction of sp³-hybridized carbons (Fsp3) is 1.00. The highest BCUT2D eigenvalue weighted by Gasteiger charge is 2.41. The molecule has 1 saturated heterocycles. The molecule has 0 radical (unpaired) electrons. The molecule has 1 saturated carbocycles. The van der Waals surface area contributed by atoms with Crippen LogP contribution >= 0.6 is 0 Å². The molecule has 0 spiro atoms. The van der Waals surface area contributed by atoms with Gasteiger partial charge in [0.2, 0.25) is 0 Å². The van der Waals surface area contributed by atoms with Crippen molar-refractivity contribution in [2.75, 3.05) is 13.2 Å². The first kappa shape index (κ1) is 15.5. The van der Waals surface area contributed by atoms with E-state index < -0.39 is 11.0 Å². The summed E-state index contributed by atoms with van der Waals surface area (Å²) in [6.45, 7) is 7.27. The SMILES string of the molecule is CC(C)(C)S(=O)N[C@H](B1OCCO1)C1CCCCC1. The Morgan fingerprint density at radius 1 is 1.16 bits per heavy atom. The Bertz CT molecular complexity index is 310. The predicted molar refractivity (Wildman–Crippen MR) is 79.1 cm³/mol. The lowest BCUT2D eigenvalue weighted by Gasteiger charge is -2.33. The molecule has 0 amide bonds. The minimum absolute atomic E-state index is 0.0582. The summed E-state index contributed by atoms with van der Waals surface area (Å²) in [6.07, 6.45) is 6.21. The summed E-state index contributed by atoms with van der Waals surface area (Å²) in [4.78, 5) is 0. The molecule has 6 heteroatoms. The molecular formula is C13H26BNO3S. The van der Waals surface area contributed by atoms with E-state index in [1.54, 1.807) is 0 Å². The minimum atomic E-state index is -1.08. The highest BCUT2D eigenvalue weighted by atomic mass is 32.2. The number of hydrogen-bond acceptors (Lipinski definition) is 3. The second-order valence-electron chi connectivity index (χ2n) is 6.53. The van der Waals surface area contributed by atoms with E-state index >= 15 is 0 Å². The van der Waals surface area contributed by atoms with Gasteiger partial charge in [0.1, 0.15) is 0 Å². The molecule has 2 rings (SSSR count). The molecule has 0 bridgehead atoms. The monoisotopic (exact) mass is 287 g/mol. The van der Waals surface area contributed by atoms with E-state index in [0.717, 1.165) is 0 Å². The smallest absolute Gasteiger partial charge is 0.408 e. The third-order valence-corrected chi connectivity index (χ3v) is 5.50. The Morgan fingerprint density at radius 2 is 1.74 bits per heavy atom. The normalized spacial score (nSPS) is 25.5. The summed E-state index contributed by atoms with van der Waals surface area (Å²) >= 11 is 0. The lowest BCUT2D eigenvalue weighted by molar-refractivity contribution is 0.278. The quantitative estimate of drug-likeness (QED) is 0.805. The summed E-state index contributed by atoms with van der Waals surface area (Å²) in [5, 5.41) is 0. The Morgan fingerprint density at radius 3 is 2.26 bits per heavy atom. The van der Waals surface area contributed by atoms with Gasteiger partial charge in [-0.05, 0) is 39.5 Å². The van der Waals surface area contributed by atoms with Crippen molar-refractivity contribution >= 4 is 18.1 Å². The summed E-state index contributed by atoms with van der Waals surface area (Å²) in [5.74, 6) is 0.575. The third-order valence-electron chi connectivity index (χ3n) is 3.90. The van der Waals surface area contributed by atoms with Crippen molar-refractivity contribution in [3.63, 3.8) is 0 Å². The molecule has 1 aliphatic carbocycles. The van der Waals surface area contributed by atoms with E-state index in [9.17, 15) is 4.21 Å². The van der Waals surface area contributed by atoms with Gasteiger partial charge in [-0.2, -0.15) is 0 Å². The molecule has 1 unspecified atom stereocenters. The molecular weight excluding hydrogens is 261 g/mol. The molecule has 2 aliphatic rings. The van der Waals surface area contributed by atoms with Crippen molar-refractivity contribution in [3.05, 3.63) is 0 Å². The zero-order valence-corrected chi connectivity index (χ0v) is 13.1. The summed E-state index contributed by atoms with van der Waals surface area (Å²) in [7, 11) is -1.30. The lowest BCUT2D eigenvalue weighted by atomic mass is 9.67. The first-order chi connectivity index (χ1) is 8.98. The number of nitrogens with one attached hydrogen (secondary N) is 1. The van der Waals surface area contributed by atoms with Crippen LogP contribution in [-0.4, -0.2) is 35.2 Å². The van der Waals surface area contributed by atoms with Crippen molar-refractivity contribution in [2.24, 2.45) is 5.92 Å².